The Hall–Kier alpha value is -0.860. The van der Waals surface area contributed by atoms with Gasteiger partial charge < -0.3 is 11.1 Å². The van der Waals surface area contributed by atoms with Crippen molar-refractivity contribution in [2.75, 3.05) is 13.2 Å². The standard InChI is InChI=1S/C12H20N2/c1-10-4-6-11(7-5-10)12(2,3)8-14-9-13/h4-7,14H,8-9,13H2,1-3H3. The maximum absolute atomic E-state index is 5.43. The average molecular weight is 192 g/mol. The van der Waals surface area contributed by atoms with Crippen molar-refractivity contribution in [2.45, 2.75) is 26.2 Å². The molecule has 0 radical (unpaired) electrons. The van der Waals surface area contributed by atoms with E-state index in [0.717, 1.165) is 6.54 Å². The van der Waals surface area contributed by atoms with Crippen molar-refractivity contribution in [1.29, 1.82) is 0 Å². The van der Waals surface area contributed by atoms with Gasteiger partial charge in [0.1, 0.15) is 0 Å². The smallest absolute Gasteiger partial charge is 0.0429 e. The lowest BCUT2D eigenvalue weighted by molar-refractivity contribution is 0.474. The van der Waals surface area contributed by atoms with Crippen LogP contribution in [-0.2, 0) is 5.41 Å². The average Bonchev–Trinajstić information content (AvgIpc) is 2.16. The largest absolute Gasteiger partial charge is 0.318 e. The molecule has 0 aliphatic carbocycles. The summed E-state index contributed by atoms with van der Waals surface area (Å²) in [6, 6.07) is 8.68. The van der Waals surface area contributed by atoms with Crippen LogP contribution in [0, 0.1) is 6.92 Å². The number of rotatable bonds is 4. The Balaban J connectivity index is 2.75. The molecular weight excluding hydrogens is 172 g/mol. The molecule has 3 N–H and O–H groups in total. The van der Waals surface area contributed by atoms with Gasteiger partial charge in [-0.15, -0.1) is 0 Å². The molecule has 0 bridgehead atoms. The second kappa shape index (κ2) is 4.58. The minimum Gasteiger partial charge on any atom is -0.318 e. The molecule has 0 fully saturated rings. The summed E-state index contributed by atoms with van der Waals surface area (Å²) < 4.78 is 0. The van der Waals surface area contributed by atoms with Gasteiger partial charge in [0.05, 0.1) is 0 Å². The first-order valence-corrected chi connectivity index (χ1v) is 5.04. The number of nitrogens with one attached hydrogen (secondary N) is 1. The van der Waals surface area contributed by atoms with Gasteiger partial charge in [0.2, 0.25) is 0 Å². The van der Waals surface area contributed by atoms with Crippen molar-refractivity contribution in [2.24, 2.45) is 5.73 Å². The molecule has 0 unspecified atom stereocenters. The zero-order chi connectivity index (χ0) is 10.6. The molecule has 78 valence electrons. The van der Waals surface area contributed by atoms with Gasteiger partial charge in [-0.25, -0.2) is 0 Å². The van der Waals surface area contributed by atoms with Crippen LogP contribution < -0.4 is 11.1 Å². The van der Waals surface area contributed by atoms with Crippen LogP contribution in [0.5, 0.6) is 0 Å². The maximum atomic E-state index is 5.43. The van der Waals surface area contributed by atoms with E-state index in [2.05, 4.69) is 50.4 Å². The summed E-state index contributed by atoms with van der Waals surface area (Å²) in [5.74, 6) is 0. The van der Waals surface area contributed by atoms with E-state index in [0.29, 0.717) is 6.67 Å². The van der Waals surface area contributed by atoms with Crippen molar-refractivity contribution in [3.05, 3.63) is 35.4 Å². The molecule has 1 aromatic carbocycles. The van der Waals surface area contributed by atoms with Crippen molar-refractivity contribution in [1.82, 2.24) is 5.32 Å². The molecule has 0 spiro atoms. The maximum Gasteiger partial charge on any atom is 0.0429 e. The minimum atomic E-state index is 0.146. The fourth-order valence-electron chi connectivity index (χ4n) is 1.49. The summed E-state index contributed by atoms with van der Waals surface area (Å²) >= 11 is 0. The second-order valence-corrected chi connectivity index (χ2v) is 4.38. The van der Waals surface area contributed by atoms with Crippen molar-refractivity contribution >= 4 is 0 Å². The molecule has 0 heterocycles. The first-order valence-electron chi connectivity index (χ1n) is 5.04. The van der Waals surface area contributed by atoms with Crippen molar-refractivity contribution < 1.29 is 0 Å². The Bertz CT molecular complexity index is 275. The van der Waals surface area contributed by atoms with E-state index in [1.54, 1.807) is 0 Å². The van der Waals surface area contributed by atoms with Gasteiger partial charge >= 0.3 is 0 Å². The topological polar surface area (TPSA) is 38.0 Å². The van der Waals surface area contributed by atoms with Gasteiger partial charge in [-0.05, 0) is 12.5 Å². The zero-order valence-electron chi connectivity index (χ0n) is 9.30. The third-order valence-electron chi connectivity index (χ3n) is 2.54. The number of benzene rings is 1. The molecule has 1 aromatic rings. The minimum absolute atomic E-state index is 0.146. The SMILES string of the molecule is Cc1ccc(C(C)(C)CNCN)cc1. The van der Waals surface area contributed by atoms with Crippen molar-refractivity contribution in [3.8, 4) is 0 Å². The van der Waals surface area contributed by atoms with Gasteiger partial charge in [0, 0.05) is 18.6 Å². The van der Waals surface area contributed by atoms with Crippen LogP contribution in [0.3, 0.4) is 0 Å². The molecule has 0 amide bonds. The summed E-state index contributed by atoms with van der Waals surface area (Å²) in [5.41, 5.74) is 8.23. The Morgan fingerprint density at radius 3 is 2.29 bits per heavy atom. The van der Waals surface area contributed by atoms with Gasteiger partial charge in [0.25, 0.3) is 0 Å². The molecule has 14 heavy (non-hydrogen) atoms. The molecule has 0 aliphatic rings. The van der Waals surface area contributed by atoms with Crippen LogP contribution in [-0.4, -0.2) is 13.2 Å². The van der Waals surface area contributed by atoms with E-state index in [4.69, 9.17) is 5.73 Å². The molecule has 0 aromatic heterocycles. The summed E-state index contributed by atoms with van der Waals surface area (Å²) in [4.78, 5) is 0. The highest BCUT2D eigenvalue weighted by Crippen LogP contribution is 2.22. The predicted octanol–water partition coefficient (Wildman–Crippen LogP) is 1.78. The number of hydrogen-bond donors (Lipinski definition) is 2. The van der Waals surface area contributed by atoms with Gasteiger partial charge in [-0.3, -0.25) is 0 Å². The number of aryl methyl sites for hydroxylation is 1. The molecule has 0 atom stereocenters. The van der Waals surface area contributed by atoms with Crippen LogP contribution in [0.4, 0.5) is 0 Å². The molecule has 2 heteroatoms. The predicted molar refractivity (Wildman–Crippen MR) is 61.3 cm³/mol. The van der Waals surface area contributed by atoms with Crippen LogP contribution in [0.25, 0.3) is 0 Å². The van der Waals surface area contributed by atoms with E-state index in [1.807, 2.05) is 0 Å². The van der Waals surface area contributed by atoms with Crippen LogP contribution >= 0.6 is 0 Å². The third-order valence-corrected chi connectivity index (χ3v) is 2.54. The van der Waals surface area contributed by atoms with Crippen LogP contribution in [0.15, 0.2) is 24.3 Å². The summed E-state index contributed by atoms with van der Waals surface area (Å²) in [6.07, 6.45) is 0. The van der Waals surface area contributed by atoms with E-state index in [1.165, 1.54) is 11.1 Å². The van der Waals surface area contributed by atoms with Gasteiger partial charge in [-0.2, -0.15) is 0 Å². The van der Waals surface area contributed by atoms with Crippen LogP contribution in [0.1, 0.15) is 25.0 Å². The van der Waals surface area contributed by atoms with E-state index in [-0.39, 0.29) is 5.41 Å². The molecule has 1 rings (SSSR count). The first kappa shape index (κ1) is 11.2. The van der Waals surface area contributed by atoms with Crippen molar-refractivity contribution in [3.63, 3.8) is 0 Å². The van der Waals surface area contributed by atoms with Gasteiger partial charge in [-0.1, -0.05) is 43.7 Å². The zero-order valence-corrected chi connectivity index (χ0v) is 9.30. The molecule has 0 saturated heterocycles. The van der Waals surface area contributed by atoms with E-state index in [9.17, 15) is 0 Å². The number of hydrogen-bond acceptors (Lipinski definition) is 2. The summed E-state index contributed by atoms with van der Waals surface area (Å²) in [5, 5.41) is 3.18. The lowest BCUT2D eigenvalue weighted by Crippen LogP contribution is -2.35. The monoisotopic (exact) mass is 192 g/mol. The summed E-state index contributed by atoms with van der Waals surface area (Å²) in [7, 11) is 0. The first-order chi connectivity index (χ1) is 6.56. The fraction of sp³-hybridized carbons (Fsp3) is 0.500. The Morgan fingerprint density at radius 1 is 1.21 bits per heavy atom. The highest BCUT2D eigenvalue weighted by atomic mass is 15.0. The lowest BCUT2D eigenvalue weighted by Gasteiger charge is -2.25. The third kappa shape index (κ3) is 2.82. The second-order valence-electron chi connectivity index (χ2n) is 4.38. The molecule has 0 saturated carbocycles. The van der Waals surface area contributed by atoms with E-state index < -0.39 is 0 Å². The number of nitrogens with two attached hydrogens (primary N) is 1. The highest BCUT2D eigenvalue weighted by molar-refractivity contribution is 5.27. The Morgan fingerprint density at radius 2 is 1.79 bits per heavy atom. The van der Waals surface area contributed by atoms with Gasteiger partial charge in [0.15, 0.2) is 0 Å². The van der Waals surface area contributed by atoms with Crippen LogP contribution in [0.2, 0.25) is 0 Å². The molecule has 2 nitrogen and oxygen atoms in total. The molecule has 0 aliphatic heterocycles. The fourth-order valence-corrected chi connectivity index (χ4v) is 1.49. The van der Waals surface area contributed by atoms with E-state index >= 15 is 0 Å². The highest BCUT2D eigenvalue weighted by Gasteiger charge is 2.19. The summed E-state index contributed by atoms with van der Waals surface area (Å²) in [6.45, 7) is 8.00. The lowest BCUT2D eigenvalue weighted by atomic mass is 9.84. The quantitative estimate of drug-likeness (QED) is 0.714. The normalized spacial score (nSPS) is 11.7. The Labute approximate surface area is 86.5 Å². The molecular formula is C12H20N2. The Kier molecular flexibility index (Phi) is 3.67.